The largest absolute Gasteiger partial charge is 0.333 e. The molecule has 0 spiro atoms. The normalized spacial score (nSPS) is 12.2. The number of benzene rings is 1. The Labute approximate surface area is 156 Å². The van der Waals surface area contributed by atoms with Crippen molar-refractivity contribution < 1.29 is 19.3 Å². The molecule has 138 valence electrons. The van der Waals surface area contributed by atoms with Gasteiger partial charge in [0.25, 0.3) is 11.8 Å². The van der Waals surface area contributed by atoms with Gasteiger partial charge < -0.3 is 15.5 Å². The quantitative estimate of drug-likeness (QED) is 0.576. The van der Waals surface area contributed by atoms with E-state index in [1.54, 1.807) is 7.05 Å². The number of carbonyl (C=O) groups excluding carboxylic acids is 3. The Bertz CT molecular complexity index is 656. The molecule has 25 heavy (non-hydrogen) atoms. The number of imide groups is 1. The van der Waals surface area contributed by atoms with E-state index in [1.807, 2.05) is 45.9 Å². The van der Waals surface area contributed by atoms with Crippen LogP contribution in [0.4, 0.5) is 10.5 Å². The molecule has 1 unspecified atom stereocenters. The maximum Gasteiger partial charge on any atom is 0.322 e. The van der Waals surface area contributed by atoms with E-state index in [0.717, 1.165) is 15.7 Å². The van der Waals surface area contributed by atoms with Crippen LogP contribution in [0.25, 0.3) is 0 Å². The van der Waals surface area contributed by atoms with Crippen molar-refractivity contribution in [3.8, 4) is 0 Å². The molecule has 0 saturated carbocycles. The first kappa shape index (κ1) is 21.1. The van der Waals surface area contributed by atoms with Crippen molar-refractivity contribution in [2.24, 2.45) is 0 Å². The average molecular weight is 414 g/mol. The Morgan fingerprint density at radius 3 is 2.28 bits per heavy atom. The summed E-state index contributed by atoms with van der Waals surface area (Å²) in [5, 5.41) is 7.72. The van der Waals surface area contributed by atoms with Crippen LogP contribution in [0.2, 0.25) is 0 Å². The lowest BCUT2D eigenvalue weighted by molar-refractivity contribution is -0.862. The fourth-order valence-corrected chi connectivity index (χ4v) is 2.59. The molecular formula is C17H26BrN4O3+. The number of rotatable bonds is 5. The van der Waals surface area contributed by atoms with E-state index in [4.69, 9.17) is 0 Å². The Hall–Kier alpha value is -1.93. The molecule has 0 saturated heterocycles. The van der Waals surface area contributed by atoms with E-state index >= 15 is 0 Å². The van der Waals surface area contributed by atoms with Gasteiger partial charge in [-0.05, 0) is 51.5 Å². The molecule has 4 N–H and O–H groups in total. The van der Waals surface area contributed by atoms with Crippen LogP contribution in [0, 0.1) is 6.92 Å². The minimum atomic E-state index is -0.541. The molecule has 0 aliphatic carbocycles. The van der Waals surface area contributed by atoms with Crippen LogP contribution in [0.3, 0.4) is 0 Å². The number of carbonyl (C=O) groups is 3. The minimum Gasteiger partial charge on any atom is -0.333 e. The summed E-state index contributed by atoms with van der Waals surface area (Å²) in [6.45, 7) is 7.50. The SMILES string of the molecule is Cc1cc(Br)ccc1NC(=O)C[NH+](C)CC(=O)NC(=O)NC(C)(C)C. The lowest BCUT2D eigenvalue weighted by atomic mass is 10.1. The van der Waals surface area contributed by atoms with E-state index in [0.29, 0.717) is 4.90 Å². The monoisotopic (exact) mass is 413 g/mol. The second kappa shape index (κ2) is 8.96. The summed E-state index contributed by atoms with van der Waals surface area (Å²) < 4.78 is 0.941. The lowest BCUT2D eigenvalue weighted by Gasteiger charge is -2.20. The summed E-state index contributed by atoms with van der Waals surface area (Å²) in [4.78, 5) is 36.3. The third-order valence-corrected chi connectivity index (χ3v) is 3.62. The number of halogens is 1. The first-order chi connectivity index (χ1) is 11.5. The Kier molecular flexibility index (Phi) is 7.57. The number of likely N-dealkylation sites (N-methyl/N-ethyl adjacent to an activating group) is 1. The highest BCUT2D eigenvalue weighted by Gasteiger charge is 2.19. The number of amides is 4. The summed E-state index contributed by atoms with van der Waals surface area (Å²) >= 11 is 3.37. The third-order valence-electron chi connectivity index (χ3n) is 3.13. The van der Waals surface area contributed by atoms with Gasteiger partial charge in [-0.2, -0.15) is 0 Å². The maximum atomic E-state index is 12.1. The maximum absolute atomic E-state index is 12.1. The Morgan fingerprint density at radius 1 is 1.12 bits per heavy atom. The van der Waals surface area contributed by atoms with Gasteiger partial charge in [-0.25, -0.2) is 4.79 Å². The molecule has 1 aromatic rings. The smallest absolute Gasteiger partial charge is 0.322 e. The second-order valence-electron chi connectivity index (χ2n) is 7.07. The van der Waals surface area contributed by atoms with E-state index in [2.05, 4.69) is 31.9 Å². The van der Waals surface area contributed by atoms with Gasteiger partial charge in [-0.3, -0.25) is 14.9 Å². The molecule has 0 radical (unpaired) electrons. The molecule has 1 atom stereocenters. The molecule has 0 aliphatic heterocycles. The van der Waals surface area contributed by atoms with Gasteiger partial charge in [-0.15, -0.1) is 0 Å². The Morgan fingerprint density at radius 2 is 1.72 bits per heavy atom. The summed E-state index contributed by atoms with van der Waals surface area (Å²) in [6, 6.07) is 5.03. The number of anilines is 1. The van der Waals surface area contributed by atoms with Gasteiger partial charge in [0.05, 0.1) is 7.05 Å². The van der Waals surface area contributed by atoms with Crippen molar-refractivity contribution in [2.75, 3.05) is 25.5 Å². The highest BCUT2D eigenvalue weighted by Crippen LogP contribution is 2.19. The summed E-state index contributed by atoms with van der Waals surface area (Å²) in [5.74, 6) is -0.637. The van der Waals surface area contributed by atoms with E-state index in [1.165, 1.54) is 0 Å². The zero-order valence-electron chi connectivity index (χ0n) is 15.2. The van der Waals surface area contributed by atoms with Crippen LogP contribution in [0.15, 0.2) is 22.7 Å². The van der Waals surface area contributed by atoms with Gasteiger partial charge >= 0.3 is 6.03 Å². The van der Waals surface area contributed by atoms with Gasteiger partial charge in [0.2, 0.25) is 0 Å². The fraction of sp³-hybridized carbons (Fsp3) is 0.471. The zero-order valence-corrected chi connectivity index (χ0v) is 16.8. The van der Waals surface area contributed by atoms with Crippen LogP contribution < -0.4 is 20.9 Å². The molecule has 0 aliphatic rings. The van der Waals surface area contributed by atoms with Gasteiger partial charge in [0, 0.05) is 15.7 Å². The number of urea groups is 1. The summed E-state index contributed by atoms with van der Waals surface area (Å²) in [6.07, 6.45) is 0. The van der Waals surface area contributed by atoms with Crippen molar-refractivity contribution in [1.82, 2.24) is 10.6 Å². The molecule has 1 aromatic carbocycles. The van der Waals surface area contributed by atoms with Crippen molar-refractivity contribution >= 4 is 39.5 Å². The first-order valence-electron chi connectivity index (χ1n) is 7.95. The van der Waals surface area contributed by atoms with Crippen LogP contribution in [-0.4, -0.2) is 43.5 Å². The van der Waals surface area contributed by atoms with Crippen molar-refractivity contribution in [3.05, 3.63) is 28.2 Å². The average Bonchev–Trinajstić information content (AvgIpc) is 2.38. The molecule has 7 nitrogen and oxygen atoms in total. The van der Waals surface area contributed by atoms with Crippen LogP contribution in [0.5, 0.6) is 0 Å². The van der Waals surface area contributed by atoms with Crippen molar-refractivity contribution in [3.63, 3.8) is 0 Å². The molecule has 0 heterocycles. The molecule has 1 rings (SSSR count). The molecule has 4 amide bonds. The van der Waals surface area contributed by atoms with Crippen LogP contribution >= 0.6 is 15.9 Å². The minimum absolute atomic E-state index is 0.0182. The summed E-state index contributed by atoms with van der Waals surface area (Å²) in [7, 11) is 1.72. The number of aryl methyl sites for hydroxylation is 1. The zero-order chi connectivity index (χ0) is 19.2. The van der Waals surface area contributed by atoms with E-state index in [9.17, 15) is 14.4 Å². The number of hydrogen-bond donors (Lipinski definition) is 4. The van der Waals surface area contributed by atoms with Gasteiger partial charge in [0.15, 0.2) is 13.1 Å². The van der Waals surface area contributed by atoms with Gasteiger partial charge in [-0.1, -0.05) is 15.9 Å². The topological polar surface area (TPSA) is 91.7 Å². The summed E-state index contributed by atoms with van der Waals surface area (Å²) in [5.41, 5.74) is 1.25. The lowest BCUT2D eigenvalue weighted by Crippen LogP contribution is -3.11. The van der Waals surface area contributed by atoms with E-state index in [-0.39, 0.29) is 19.0 Å². The molecular weight excluding hydrogens is 388 g/mol. The second-order valence-corrected chi connectivity index (χ2v) is 7.99. The molecule has 8 heteroatoms. The molecule has 0 bridgehead atoms. The fourth-order valence-electron chi connectivity index (χ4n) is 2.12. The van der Waals surface area contributed by atoms with Crippen LogP contribution in [-0.2, 0) is 9.59 Å². The highest BCUT2D eigenvalue weighted by atomic mass is 79.9. The first-order valence-corrected chi connectivity index (χ1v) is 8.75. The third kappa shape index (κ3) is 8.64. The number of hydrogen-bond acceptors (Lipinski definition) is 3. The standard InChI is InChI=1S/C17H25BrN4O3/c1-11-8-12(18)6-7-13(11)19-14(23)9-22(5)10-15(24)20-16(25)21-17(2,3)4/h6-8H,9-10H2,1-5H3,(H,19,23)(H2,20,21,24,25)/p+1. The van der Waals surface area contributed by atoms with Crippen LogP contribution in [0.1, 0.15) is 26.3 Å². The van der Waals surface area contributed by atoms with E-state index < -0.39 is 17.5 Å². The number of quaternary nitrogens is 1. The van der Waals surface area contributed by atoms with Crippen molar-refractivity contribution in [1.29, 1.82) is 0 Å². The van der Waals surface area contributed by atoms with Crippen molar-refractivity contribution in [2.45, 2.75) is 33.2 Å². The number of nitrogens with one attached hydrogen (secondary N) is 4. The predicted molar refractivity (Wildman–Crippen MR) is 101 cm³/mol. The molecule has 0 aromatic heterocycles. The predicted octanol–water partition coefficient (Wildman–Crippen LogP) is 0.835. The van der Waals surface area contributed by atoms with Gasteiger partial charge in [0.1, 0.15) is 0 Å². The Balaban J connectivity index is 2.45. The molecule has 0 fully saturated rings. The highest BCUT2D eigenvalue weighted by molar-refractivity contribution is 9.10.